The minimum atomic E-state index is -1.22. The summed E-state index contributed by atoms with van der Waals surface area (Å²) in [6, 6.07) is 1.52. The van der Waals surface area contributed by atoms with Crippen LogP contribution >= 0.6 is 23.2 Å². The number of anilines is 1. The Balaban J connectivity index is 1.98. The van der Waals surface area contributed by atoms with Crippen molar-refractivity contribution in [2.24, 2.45) is 0 Å². The molecule has 4 N–H and O–H groups in total. The van der Waals surface area contributed by atoms with Crippen molar-refractivity contribution in [3.05, 3.63) is 60.0 Å². The van der Waals surface area contributed by atoms with Crippen molar-refractivity contribution in [2.75, 3.05) is 5.73 Å². The summed E-state index contributed by atoms with van der Waals surface area (Å²) in [5, 5.41) is 10.2. The van der Waals surface area contributed by atoms with Gasteiger partial charge in [-0.25, -0.2) is 9.89 Å². The van der Waals surface area contributed by atoms with E-state index >= 15 is 0 Å². The van der Waals surface area contributed by atoms with Gasteiger partial charge in [-0.1, -0.05) is 25.4 Å². The molecule has 0 saturated carbocycles. The lowest BCUT2D eigenvalue weighted by Gasteiger charge is -2.32. The van der Waals surface area contributed by atoms with E-state index in [1.54, 1.807) is 6.92 Å². The van der Waals surface area contributed by atoms with Gasteiger partial charge < -0.3 is 10.5 Å². The molecule has 0 spiro atoms. The molecule has 2 atom stereocenters. The third kappa shape index (κ3) is 4.13. The number of allylic oxidation sites excluding steroid dienone is 2. The molecule has 0 radical (unpaired) electrons. The molecule has 2 aromatic rings. The minimum absolute atomic E-state index is 0.0426. The molecule has 12 heteroatoms. The number of nitrogen functional groups attached to an aromatic ring is 1. The summed E-state index contributed by atoms with van der Waals surface area (Å²) in [7, 11) is 0. The Labute approximate surface area is 174 Å². The first kappa shape index (κ1) is 20.9. The Morgan fingerprint density at radius 1 is 1.31 bits per heavy atom. The molecule has 154 valence electrons. The molecule has 0 aliphatic heterocycles. The quantitative estimate of drug-likeness (QED) is 0.603. The number of nitrogens with zero attached hydrogens (tertiary/aromatic N) is 3. The SMILES string of the molecule is CC(C)c1cc(OC2C(Cl)=CC(n3nc(N)c(=O)[nH]c3=O)=CC2(C)Cl)n[nH]c1=O. The van der Waals surface area contributed by atoms with Crippen LogP contribution in [0, 0.1) is 0 Å². The summed E-state index contributed by atoms with van der Waals surface area (Å²) < 4.78 is 6.72. The van der Waals surface area contributed by atoms with E-state index in [1.807, 2.05) is 13.8 Å². The molecule has 10 nitrogen and oxygen atoms in total. The summed E-state index contributed by atoms with van der Waals surface area (Å²) in [4.78, 5) is 36.2. The second kappa shape index (κ2) is 7.53. The highest BCUT2D eigenvalue weighted by Crippen LogP contribution is 2.37. The predicted molar refractivity (Wildman–Crippen MR) is 109 cm³/mol. The molecule has 29 heavy (non-hydrogen) atoms. The average molecular weight is 441 g/mol. The van der Waals surface area contributed by atoms with Crippen LogP contribution in [0.2, 0.25) is 0 Å². The number of hydrogen-bond acceptors (Lipinski definition) is 7. The van der Waals surface area contributed by atoms with Crippen molar-refractivity contribution in [1.29, 1.82) is 0 Å². The second-order valence-corrected chi connectivity index (χ2v) is 8.20. The molecule has 1 aliphatic rings. The third-order valence-corrected chi connectivity index (χ3v) is 4.86. The van der Waals surface area contributed by atoms with Crippen LogP contribution in [0.15, 0.2) is 37.6 Å². The summed E-state index contributed by atoms with van der Waals surface area (Å²) in [5.74, 6) is -0.292. The summed E-state index contributed by atoms with van der Waals surface area (Å²) in [6.07, 6.45) is 2.04. The number of nitrogens with two attached hydrogens (primary N) is 1. The van der Waals surface area contributed by atoms with E-state index in [-0.39, 0.29) is 33.9 Å². The van der Waals surface area contributed by atoms with Gasteiger partial charge in [-0.05, 0) is 25.0 Å². The first-order valence-electron chi connectivity index (χ1n) is 8.54. The average Bonchev–Trinajstić information content (AvgIpc) is 2.61. The van der Waals surface area contributed by atoms with Gasteiger partial charge in [0.2, 0.25) is 11.7 Å². The largest absolute Gasteiger partial charge is 0.465 e. The lowest BCUT2D eigenvalue weighted by atomic mass is 9.96. The zero-order valence-corrected chi connectivity index (χ0v) is 17.2. The van der Waals surface area contributed by atoms with E-state index in [0.29, 0.717) is 5.56 Å². The monoisotopic (exact) mass is 440 g/mol. The fourth-order valence-corrected chi connectivity index (χ4v) is 3.50. The molecular weight excluding hydrogens is 423 g/mol. The Morgan fingerprint density at radius 3 is 2.62 bits per heavy atom. The van der Waals surface area contributed by atoms with Crippen molar-refractivity contribution in [3.63, 3.8) is 0 Å². The van der Waals surface area contributed by atoms with Gasteiger partial charge in [0.25, 0.3) is 11.1 Å². The lowest BCUT2D eigenvalue weighted by Crippen LogP contribution is -2.41. The maximum Gasteiger partial charge on any atom is 0.349 e. The number of alkyl halides is 1. The van der Waals surface area contributed by atoms with Gasteiger partial charge in [0.05, 0.1) is 10.7 Å². The van der Waals surface area contributed by atoms with Gasteiger partial charge in [0.1, 0.15) is 4.87 Å². The molecule has 0 saturated heterocycles. The molecule has 2 heterocycles. The number of aromatic nitrogens is 5. The number of nitrogens with one attached hydrogen (secondary N) is 2. The second-order valence-electron chi connectivity index (χ2n) is 6.95. The minimum Gasteiger partial charge on any atom is -0.465 e. The number of rotatable bonds is 4. The van der Waals surface area contributed by atoms with Gasteiger partial charge in [-0.2, -0.15) is 4.68 Å². The van der Waals surface area contributed by atoms with Gasteiger partial charge in [0, 0.05) is 11.6 Å². The van der Waals surface area contributed by atoms with Crippen LogP contribution in [0.5, 0.6) is 5.88 Å². The van der Waals surface area contributed by atoms with Crippen LogP contribution in [-0.2, 0) is 0 Å². The molecule has 0 fully saturated rings. The van der Waals surface area contributed by atoms with Gasteiger partial charge in [-0.3, -0.25) is 14.6 Å². The highest BCUT2D eigenvalue weighted by Gasteiger charge is 2.39. The Kier molecular flexibility index (Phi) is 5.42. The zero-order valence-electron chi connectivity index (χ0n) is 15.7. The van der Waals surface area contributed by atoms with E-state index in [4.69, 9.17) is 33.7 Å². The van der Waals surface area contributed by atoms with Crippen molar-refractivity contribution in [1.82, 2.24) is 25.0 Å². The van der Waals surface area contributed by atoms with Gasteiger partial charge in [-0.15, -0.1) is 21.8 Å². The molecule has 0 aromatic carbocycles. The first-order valence-corrected chi connectivity index (χ1v) is 9.30. The normalized spacial score (nSPS) is 21.7. The standard InChI is InChI=1S/C17H18Cl2N6O4/c1-7(2)9-5-11(22-23-14(9)26)29-12-10(18)4-8(6-17(12,3)19)25-16(28)21-15(27)13(20)24-25/h4-7,12H,1-3H3,(H2,20,24)(H,23,26)(H,21,27,28). The Bertz CT molecular complexity index is 1190. The highest BCUT2D eigenvalue weighted by atomic mass is 35.5. The van der Waals surface area contributed by atoms with E-state index in [0.717, 1.165) is 4.68 Å². The van der Waals surface area contributed by atoms with E-state index < -0.39 is 22.2 Å². The van der Waals surface area contributed by atoms with Gasteiger partial charge >= 0.3 is 5.69 Å². The summed E-state index contributed by atoms with van der Waals surface area (Å²) in [6.45, 7) is 5.34. The molecular formula is C17H18Cl2N6O4. The highest BCUT2D eigenvalue weighted by molar-refractivity contribution is 6.34. The molecule has 0 bridgehead atoms. The van der Waals surface area contributed by atoms with Crippen molar-refractivity contribution in [2.45, 2.75) is 37.7 Å². The van der Waals surface area contributed by atoms with Crippen molar-refractivity contribution < 1.29 is 4.74 Å². The molecule has 2 aromatic heterocycles. The number of halogens is 2. The van der Waals surface area contributed by atoms with E-state index in [1.165, 1.54) is 18.2 Å². The fraction of sp³-hybridized carbons (Fsp3) is 0.353. The van der Waals surface area contributed by atoms with Crippen molar-refractivity contribution >= 4 is 34.7 Å². The van der Waals surface area contributed by atoms with Crippen molar-refractivity contribution in [3.8, 4) is 5.88 Å². The fourth-order valence-electron chi connectivity index (χ4n) is 2.79. The predicted octanol–water partition coefficient (Wildman–Crippen LogP) is 1.14. The molecule has 1 aliphatic carbocycles. The molecule has 0 amide bonds. The van der Waals surface area contributed by atoms with Crippen LogP contribution in [0.4, 0.5) is 5.82 Å². The first-order chi connectivity index (χ1) is 13.5. The molecule has 2 unspecified atom stereocenters. The Morgan fingerprint density at radius 2 is 2.00 bits per heavy atom. The van der Waals surface area contributed by atoms with Crippen LogP contribution in [0.3, 0.4) is 0 Å². The van der Waals surface area contributed by atoms with Crippen LogP contribution < -0.4 is 27.3 Å². The van der Waals surface area contributed by atoms with Crippen LogP contribution in [-0.4, -0.2) is 35.9 Å². The Hall–Kier alpha value is -2.85. The summed E-state index contributed by atoms with van der Waals surface area (Å²) >= 11 is 13.0. The van der Waals surface area contributed by atoms with E-state index in [2.05, 4.69) is 20.3 Å². The lowest BCUT2D eigenvalue weighted by molar-refractivity contribution is 0.206. The third-order valence-electron chi connectivity index (χ3n) is 4.25. The maximum absolute atomic E-state index is 12.1. The number of aromatic amines is 2. The molecule has 3 rings (SSSR count). The number of H-pyrrole nitrogens is 2. The van der Waals surface area contributed by atoms with Crippen LogP contribution in [0.1, 0.15) is 32.3 Å². The van der Waals surface area contributed by atoms with Gasteiger partial charge in [0.15, 0.2) is 6.10 Å². The van der Waals surface area contributed by atoms with E-state index in [9.17, 15) is 14.4 Å². The van der Waals surface area contributed by atoms with Crippen LogP contribution in [0.25, 0.3) is 5.70 Å². The topological polar surface area (TPSA) is 149 Å². The maximum atomic E-state index is 12.1. The number of ether oxygens (including phenoxy) is 1. The summed E-state index contributed by atoms with van der Waals surface area (Å²) in [5.41, 5.74) is 4.29. The zero-order chi connectivity index (χ0) is 21.5. The smallest absolute Gasteiger partial charge is 0.349 e. The number of hydrogen-bond donors (Lipinski definition) is 3.